The summed E-state index contributed by atoms with van der Waals surface area (Å²) in [7, 11) is 0. The number of carbonyl (C=O) groups excluding carboxylic acids is 1. The van der Waals surface area contributed by atoms with Crippen LogP contribution in [0.15, 0.2) is 53.4 Å². The van der Waals surface area contributed by atoms with Gasteiger partial charge in [-0.05, 0) is 42.9 Å². The van der Waals surface area contributed by atoms with E-state index >= 15 is 0 Å². The molecule has 0 spiro atoms. The minimum Gasteiger partial charge on any atom is -0.507 e. The lowest BCUT2D eigenvalue weighted by Gasteiger charge is -2.19. The van der Waals surface area contributed by atoms with Crippen LogP contribution in [0.3, 0.4) is 0 Å². The van der Waals surface area contributed by atoms with Gasteiger partial charge in [-0.2, -0.15) is 0 Å². The molecule has 0 aliphatic rings. The summed E-state index contributed by atoms with van der Waals surface area (Å²) in [5.41, 5.74) is 1.56. The molecule has 1 aromatic heterocycles. The third kappa shape index (κ3) is 5.99. The molecule has 0 unspecified atom stereocenters. The average Bonchev–Trinajstić information content (AvgIpc) is 3.31. The van der Waals surface area contributed by atoms with Gasteiger partial charge in [0.2, 0.25) is 0 Å². The van der Waals surface area contributed by atoms with E-state index in [1.165, 1.54) is 18.7 Å². The Bertz CT molecular complexity index is 987. The van der Waals surface area contributed by atoms with Gasteiger partial charge < -0.3 is 24.5 Å². The Labute approximate surface area is 186 Å². The maximum Gasteiger partial charge on any atom is 0.255 e. The molecule has 1 heterocycles. The van der Waals surface area contributed by atoms with Crippen molar-refractivity contribution in [3.63, 3.8) is 0 Å². The number of carbonyl (C=O) groups is 1. The van der Waals surface area contributed by atoms with Crippen molar-refractivity contribution in [1.29, 1.82) is 0 Å². The van der Waals surface area contributed by atoms with Crippen LogP contribution >= 0.6 is 11.6 Å². The molecule has 31 heavy (non-hydrogen) atoms. The molecule has 0 radical (unpaired) electrons. The predicted octanol–water partition coefficient (Wildman–Crippen LogP) is 4.35. The van der Waals surface area contributed by atoms with E-state index in [0.717, 1.165) is 25.2 Å². The van der Waals surface area contributed by atoms with Crippen molar-refractivity contribution in [2.24, 2.45) is 0 Å². The van der Waals surface area contributed by atoms with Crippen molar-refractivity contribution in [2.45, 2.75) is 20.4 Å². The first-order valence-corrected chi connectivity index (χ1v) is 10.5. The fraction of sp³-hybridized carbons (Fsp3) is 0.304. The summed E-state index contributed by atoms with van der Waals surface area (Å²) >= 11 is 5.91. The molecule has 0 atom stereocenters. The molecule has 3 aromatic rings. The Kier molecular flexibility index (Phi) is 7.92. The number of hydrogen-bond acceptors (Lipinski definition) is 6. The van der Waals surface area contributed by atoms with E-state index in [4.69, 9.17) is 20.8 Å². The number of rotatable bonds is 10. The van der Waals surface area contributed by atoms with Crippen molar-refractivity contribution in [1.82, 2.24) is 15.2 Å². The number of aromatic nitrogens is 1. The van der Waals surface area contributed by atoms with Gasteiger partial charge in [0.05, 0.1) is 17.3 Å². The van der Waals surface area contributed by atoms with Gasteiger partial charge in [0.15, 0.2) is 12.2 Å². The van der Waals surface area contributed by atoms with Crippen LogP contribution in [0.2, 0.25) is 5.02 Å². The molecule has 0 saturated heterocycles. The smallest absolute Gasteiger partial charge is 0.255 e. The van der Waals surface area contributed by atoms with Crippen molar-refractivity contribution < 1.29 is 19.1 Å². The van der Waals surface area contributed by atoms with Crippen molar-refractivity contribution in [3.05, 3.63) is 65.1 Å². The number of aromatic hydroxyl groups is 1. The van der Waals surface area contributed by atoms with Crippen LogP contribution < -0.4 is 10.1 Å². The minimum absolute atomic E-state index is 0.0931. The molecule has 0 fully saturated rings. The van der Waals surface area contributed by atoms with Gasteiger partial charge >= 0.3 is 0 Å². The number of oxazole rings is 1. The monoisotopic (exact) mass is 443 g/mol. The summed E-state index contributed by atoms with van der Waals surface area (Å²) in [6.07, 6.45) is 2.78. The molecular weight excluding hydrogens is 418 g/mol. The molecule has 8 heteroatoms. The fourth-order valence-corrected chi connectivity index (χ4v) is 3.24. The Hall–Kier alpha value is -3.03. The number of phenols is 1. The Morgan fingerprint density at radius 1 is 1.23 bits per heavy atom. The van der Waals surface area contributed by atoms with Crippen LogP contribution in [0.1, 0.15) is 29.8 Å². The number of ether oxygens (including phenoxy) is 1. The third-order valence-corrected chi connectivity index (χ3v) is 5.22. The van der Waals surface area contributed by atoms with Crippen LogP contribution in [0.5, 0.6) is 11.5 Å². The second-order valence-electron chi connectivity index (χ2n) is 6.92. The van der Waals surface area contributed by atoms with Gasteiger partial charge in [-0.25, -0.2) is 4.98 Å². The number of nitrogens with zero attached hydrogens (tertiary/aromatic N) is 2. The van der Waals surface area contributed by atoms with Gasteiger partial charge in [-0.3, -0.25) is 4.79 Å². The molecule has 3 rings (SSSR count). The number of benzene rings is 2. The van der Waals surface area contributed by atoms with Gasteiger partial charge in [0, 0.05) is 18.1 Å². The number of hydrogen-bond donors (Lipinski definition) is 2. The standard InChI is InChI=1S/C23H26ClN3O4/c1-3-27(4-2)9-10-30-21-12-18(22-14-25-15-31-22)20(28)11-19(21)23(29)26-13-16-5-7-17(24)8-6-16/h5-8,11-12,14-15,28H,3-4,9-10,13H2,1-2H3,(H,26,29). The number of nitrogens with one attached hydrogen (secondary N) is 1. The minimum atomic E-state index is -0.354. The fourth-order valence-electron chi connectivity index (χ4n) is 3.12. The highest BCUT2D eigenvalue weighted by atomic mass is 35.5. The molecule has 0 bridgehead atoms. The Balaban J connectivity index is 1.81. The van der Waals surface area contributed by atoms with E-state index in [0.29, 0.717) is 35.2 Å². The molecule has 164 valence electrons. The summed E-state index contributed by atoms with van der Waals surface area (Å²) in [6.45, 7) is 7.43. The van der Waals surface area contributed by atoms with Crippen molar-refractivity contribution in [3.8, 4) is 22.8 Å². The summed E-state index contributed by atoms with van der Waals surface area (Å²) in [4.78, 5) is 19.0. The summed E-state index contributed by atoms with van der Waals surface area (Å²) < 4.78 is 11.3. The van der Waals surface area contributed by atoms with E-state index in [2.05, 4.69) is 29.0 Å². The van der Waals surface area contributed by atoms with Crippen molar-refractivity contribution in [2.75, 3.05) is 26.2 Å². The SMILES string of the molecule is CCN(CC)CCOc1cc(-c2cnco2)c(O)cc1C(=O)NCc1ccc(Cl)cc1. The van der Waals surface area contributed by atoms with Gasteiger partial charge in [-0.15, -0.1) is 0 Å². The summed E-state index contributed by atoms with van der Waals surface area (Å²) in [5.74, 6) is 0.306. The molecule has 1 amide bonds. The van der Waals surface area contributed by atoms with Gasteiger partial charge in [0.1, 0.15) is 18.1 Å². The van der Waals surface area contributed by atoms with E-state index in [1.807, 2.05) is 12.1 Å². The van der Waals surface area contributed by atoms with Gasteiger partial charge in [-0.1, -0.05) is 37.6 Å². The normalized spacial score (nSPS) is 11.0. The molecule has 0 aliphatic heterocycles. The number of halogens is 1. The van der Waals surface area contributed by atoms with Crippen LogP contribution in [-0.4, -0.2) is 47.1 Å². The van der Waals surface area contributed by atoms with Crippen molar-refractivity contribution >= 4 is 17.5 Å². The number of phenolic OH excluding ortho intramolecular Hbond substituents is 1. The first-order chi connectivity index (χ1) is 15.0. The molecule has 0 saturated carbocycles. The second kappa shape index (κ2) is 10.8. The second-order valence-corrected chi connectivity index (χ2v) is 7.35. The maximum absolute atomic E-state index is 12.9. The van der Waals surface area contributed by atoms with E-state index in [-0.39, 0.29) is 17.2 Å². The summed E-state index contributed by atoms with van der Waals surface area (Å²) in [5, 5.41) is 14.0. The Morgan fingerprint density at radius 2 is 1.97 bits per heavy atom. The van der Waals surface area contributed by atoms with Crippen LogP contribution in [0, 0.1) is 0 Å². The lowest BCUT2D eigenvalue weighted by Crippen LogP contribution is -2.28. The molecular formula is C23H26ClN3O4. The number of likely N-dealkylation sites (N-methyl/N-ethyl adjacent to an activating group) is 1. The van der Waals surface area contributed by atoms with Crippen LogP contribution in [-0.2, 0) is 6.54 Å². The Morgan fingerprint density at radius 3 is 2.61 bits per heavy atom. The highest BCUT2D eigenvalue weighted by molar-refractivity contribution is 6.30. The zero-order valence-corrected chi connectivity index (χ0v) is 18.4. The van der Waals surface area contributed by atoms with E-state index in [9.17, 15) is 9.90 Å². The zero-order valence-electron chi connectivity index (χ0n) is 17.6. The summed E-state index contributed by atoms with van der Waals surface area (Å²) in [6, 6.07) is 10.2. The first kappa shape index (κ1) is 22.7. The topological polar surface area (TPSA) is 87.8 Å². The van der Waals surface area contributed by atoms with Gasteiger partial charge in [0.25, 0.3) is 5.91 Å². The molecule has 7 nitrogen and oxygen atoms in total. The molecule has 0 aliphatic carbocycles. The van der Waals surface area contributed by atoms with E-state index in [1.54, 1.807) is 18.2 Å². The lowest BCUT2D eigenvalue weighted by molar-refractivity contribution is 0.0945. The largest absolute Gasteiger partial charge is 0.507 e. The maximum atomic E-state index is 12.9. The third-order valence-electron chi connectivity index (χ3n) is 4.97. The highest BCUT2D eigenvalue weighted by Gasteiger charge is 2.19. The molecule has 2 N–H and O–H groups in total. The predicted molar refractivity (Wildman–Crippen MR) is 120 cm³/mol. The first-order valence-electron chi connectivity index (χ1n) is 10.2. The molecule has 2 aromatic carbocycles. The quantitative estimate of drug-likeness (QED) is 0.484. The number of amides is 1. The average molecular weight is 444 g/mol. The zero-order chi connectivity index (χ0) is 22.2. The van der Waals surface area contributed by atoms with Crippen LogP contribution in [0.4, 0.5) is 0 Å². The van der Waals surface area contributed by atoms with Crippen LogP contribution in [0.25, 0.3) is 11.3 Å². The highest BCUT2D eigenvalue weighted by Crippen LogP contribution is 2.35. The lowest BCUT2D eigenvalue weighted by atomic mass is 10.1. The van der Waals surface area contributed by atoms with E-state index < -0.39 is 0 Å².